The molecule has 0 spiro atoms. The normalized spacial score (nSPS) is 15.1. The zero-order valence-electron chi connectivity index (χ0n) is 25.6. The second-order valence-electron chi connectivity index (χ2n) is 10.9. The summed E-state index contributed by atoms with van der Waals surface area (Å²) in [6, 6.07) is 22.1. The highest BCUT2D eigenvalue weighted by Gasteiger charge is 2.35. The highest BCUT2D eigenvalue weighted by Crippen LogP contribution is 2.36. The molecule has 1 amide bonds. The first-order chi connectivity index (χ1) is 22.2. The maximum Gasteiger partial charge on any atom is 0.421 e. The molecule has 9 nitrogen and oxygen atoms in total. The van der Waals surface area contributed by atoms with Gasteiger partial charge < -0.3 is 20.9 Å². The van der Waals surface area contributed by atoms with Gasteiger partial charge in [-0.2, -0.15) is 18.2 Å². The van der Waals surface area contributed by atoms with E-state index in [1.807, 2.05) is 31.2 Å². The third-order valence-electron chi connectivity index (χ3n) is 7.59. The van der Waals surface area contributed by atoms with Crippen molar-refractivity contribution < 1.29 is 22.8 Å². The number of allylic oxidation sites excluding steroid dienone is 1. The summed E-state index contributed by atoms with van der Waals surface area (Å²) in [7, 11) is 1.26. The molecule has 46 heavy (non-hydrogen) atoms. The summed E-state index contributed by atoms with van der Waals surface area (Å²) in [6.45, 7) is 4.75. The smallest absolute Gasteiger partial charge is 0.381 e. The minimum atomic E-state index is -4.73. The van der Waals surface area contributed by atoms with Crippen LogP contribution in [0, 0.1) is 0 Å². The molecule has 4 N–H and O–H groups in total. The van der Waals surface area contributed by atoms with Crippen molar-refractivity contribution in [2.24, 2.45) is 0 Å². The standard InChI is InChI=1S/C34H36F3N7O2/c1-3-17-44-18-7-9-25(22-44)24-8-6-10-27(19-24)38-20-23-13-15-26(16-14-23)40-33-39-21-29(34(35,36)37)31(42-33)41-30-12-5-4-11-28(30)32(45)43-46-2/h3-6,8,10-17,19,21,25,38H,7,9,18,20,22H2,1-2H3,(H,43,45)(H2,39,40,41,42)/t25-/m1/s1. The van der Waals surface area contributed by atoms with Crippen molar-refractivity contribution in [2.45, 2.75) is 38.4 Å². The number of carbonyl (C=O) groups excluding carboxylic acids is 1. The maximum atomic E-state index is 13.8. The second-order valence-corrected chi connectivity index (χ2v) is 10.9. The van der Waals surface area contributed by atoms with Gasteiger partial charge in [-0.15, -0.1) is 0 Å². The lowest BCUT2D eigenvalue weighted by Gasteiger charge is -2.32. The third kappa shape index (κ3) is 8.33. The summed E-state index contributed by atoms with van der Waals surface area (Å²) >= 11 is 0. The number of alkyl halides is 3. The fourth-order valence-electron chi connectivity index (χ4n) is 5.38. The Morgan fingerprint density at radius 1 is 1.04 bits per heavy atom. The van der Waals surface area contributed by atoms with Crippen LogP contribution in [0.3, 0.4) is 0 Å². The molecule has 1 aliphatic heterocycles. The van der Waals surface area contributed by atoms with Gasteiger partial charge in [0.25, 0.3) is 5.91 Å². The number of nitrogens with zero attached hydrogens (tertiary/aromatic N) is 3. The molecule has 1 saturated heterocycles. The van der Waals surface area contributed by atoms with Gasteiger partial charge in [0.2, 0.25) is 5.95 Å². The summed E-state index contributed by atoms with van der Waals surface area (Å²) in [5, 5.41) is 9.11. The van der Waals surface area contributed by atoms with E-state index in [0.29, 0.717) is 24.3 Å². The maximum absolute atomic E-state index is 13.8. The van der Waals surface area contributed by atoms with E-state index in [9.17, 15) is 18.0 Å². The molecule has 0 unspecified atom stereocenters. The fourth-order valence-corrected chi connectivity index (χ4v) is 5.38. The van der Waals surface area contributed by atoms with Gasteiger partial charge >= 0.3 is 6.18 Å². The molecule has 240 valence electrons. The van der Waals surface area contributed by atoms with Gasteiger partial charge in [0.1, 0.15) is 11.4 Å². The first-order valence-corrected chi connectivity index (χ1v) is 14.9. The summed E-state index contributed by atoms with van der Waals surface area (Å²) in [5.74, 6) is -0.694. The van der Waals surface area contributed by atoms with Crippen molar-refractivity contribution in [3.8, 4) is 0 Å². The molecule has 5 rings (SSSR count). The van der Waals surface area contributed by atoms with E-state index < -0.39 is 23.5 Å². The molecule has 1 fully saturated rings. The largest absolute Gasteiger partial charge is 0.421 e. The van der Waals surface area contributed by atoms with Gasteiger partial charge in [-0.1, -0.05) is 42.5 Å². The Balaban J connectivity index is 1.25. The third-order valence-corrected chi connectivity index (χ3v) is 7.59. The lowest BCUT2D eigenvalue weighted by molar-refractivity contribution is -0.137. The van der Waals surface area contributed by atoms with Crippen molar-refractivity contribution in [3.63, 3.8) is 0 Å². The quantitative estimate of drug-likeness (QED) is 0.126. The molecule has 0 bridgehead atoms. The average Bonchev–Trinajstić information content (AvgIpc) is 3.05. The van der Waals surface area contributed by atoms with E-state index in [4.69, 9.17) is 0 Å². The minimum Gasteiger partial charge on any atom is -0.381 e. The van der Waals surface area contributed by atoms with Crippen LogP contribution in [0.4, 0.5) is 42.0 Å². The van der Waals surface area contributed by atoms with E-state index in [0.717, 1.165) is 24.3 Å². The monoisotopic (exact) mass is 631 g/mol. The number of likely N-dealkylation sites (tertiary alicyclic amines) is 1. The fraction of sp³-hybridized carbons (Fsp3) is 0.265. The molecule has 0 saturated carbocycles. The molecule has 0 aliphatic carbocycles. The van der Waals surface area contributed by atoms with Gasteiger partial charge in [-0.3, -0.25) is 9.63 Å². The van der Waals surface area contributed by atoms with Crippen LogP contribution >= 0.6 is 0 Å². The zero-order chi connectivity index (χ0) is 32.5. The number of hydroxylamine groups is 1. The lowest BCUT2D eigenvalue weighted by atomic mass is 9.90. The van der Waals surface area contributed by atoms with Crippen LogP contribution in [0.5, 0.6) is 0 Å². The van der Waals surface area contributed by atoms with Crippen molar-refractivity contribution >= 4 is 34.7 Å². The number of para-hydroxylation sites is 1. The Labute approximate surface area is 265 Å². The van der Waals surface area contributed by atoms with Crippen LogP contribution in [0.25, 0.3) is 0 Å². The number of aromatic nitrogens is 2. The van der Waals surface area contributed by atoms with E-state index in [-0.39, 0.29) is 17.2 Å². The molecule has 1 aliphatic rings. The van der Waals surface area contributed by atoms with Crippen LogP contribution in [0.1, 0.15) is 52.7 Å². The minimum absolute atomic E-state index is 0.0484. The van der Waals surface area contributed by atoms with Crippen LogP contribution < -0.4 is 21.4 Å². The summed E-state index contributed by atoms with van der Waals surface area (Å²) in [4.78, 5) is 27.4. The van der Waals surface area contributed by atoms with Gasteiger partial charge in [0.15, 0.2) is 0 Å². The van der Waals surface area contributed by atoms with E-state index in [1.54, 1.807) is 12.1 Å². The topological polar surface area (TPSA) is 103 Å². The Hall–Kier alpha value is -5.10. The molecule has 2 heterocycles. The molecule has 1 atom stereocenters. The van der Waals surface area contributed by atoms with E-state index in [2.05, 4.69) is 77.7 Å². The first-order valence-electron chi connectivity index (χ1n) is 14.9. The Morgan fingerprint density at radius 2 is 1.85 bits per heavy atom. The molecule has 12 heteroatoms. The van der Waals surface area contributed by atoms with Crippen molar-refractivity contribution in [2.75, 3.05) is 36.1 Å². The lowest BCUT2D eigenvalue weighted by Crippen LogP contribution is -2.30. The van der Waals surface area contributed by atoms with Gasteiger partial charge in [0, 0.05) is 43.1 Å². The van der Waals surface area contributed by atoms with Gasteiger partial charge in [-0.05, 0) is 73.5 Å². The Bertz CT molecular complexity index is 1660. The van der Waals surface area contributed by atoms with Crippen molar-refractivity contribution in [1.29, 1.82) is 0 Å². The zero-order valence-corrected chi connectivity index (χ0v) is 25.6. The van der Waals surface area contributed by atoms with Crippen LogP contribution in [0.15, 0.2) is 91.3 Å². The number of hydrogen-bond acceptors (Lipinski definition) is 8. The molecular weight excluding hydrogens is 595 g/mol. The highest BCUT2D eigenvalue weighted by atomic mass is 19.4. The van der Waals surface area contributed by atoms with Crippen LogP contribution in [-0.4, -0.2) is 41.0 Å². The number of amides is 1. The number of halogens is 3. The summed E-state index contributed by atoms with van der Waals surface area (Å²) in [6.07, 6.45) is 2.56. The summed E-state index contributed by atoms with van der Waals surface area (Å²) < 4.78 is 41.5. The predicted molar refractivity (Wildman–Crippen MR) is 173 cm³/mol. The van der Waals surface area contributed by atoms with Crippen molar-refractivity contribution in [3.05, 3.63) is 114 Å². The SMILES string of the molecule is CC=CN1CCC[C@@H](c2cccc(NCc3ccc(Nc4ncc(C(F)(F)F)c(Nc5ccccc5C(=O)NOC)n4)cc3)c2)C1. The number of piperidine rings is 1. The second kappa shape index (κ2) is 14.8. The summed E-state index contributed by atoms with van der Waals surface area (Å²) in [5.41, 5.74) is 5.27. The van der Waals surface area contributed by atoms with Crippen LogP contribution in [0.2, 0.25) is 0 Å². The molecular formula is C34H36F3N7O2. The Morgan fingerprint density at radius 3 is 2.61 bits per heavy atom. The Kier molecular flexibility index (Phi) is 10.4. The van der Waals surface area contributed by atoms with E-state index in [1.165, 1.54) is 37.6 Å². The number of anilines is 5. The van der Waals surface area contributed by atoms with Gasteiger partial charge in [-0.25, -0.2) is 10.5 Å². The number of carbonyl (C=O) groups is 1. The number of benzene rings is 3. The molecule has 0 radical (unpaired) electrons. The molecule has 1 aromatic heterocycles. The molecule has 3 aromatic carbocycles. The molecule has 4 aromatic rings. The predicted octanol–water partition coefficient (Wildman–Crippen LogP) is 7.60. The van der Waals surface area contributed by atoms with E-state index >= 15 is 0 Å². The van der Waals surface area contributed by atoms with Crippen LogP contribution in [-0.2, 0) is 17.6 Å². The first kappa shape index (κ1) is 32.3. The van der Waals surface area contributed by atoms with Crippen molar-refractivity contribution in [1.82, 2.24) is 20.3 Å². The average molecular weight is 632 g/mol. The number of nitrogens with one attached hydrogen (secondary N) is 4. The van der Waals surface area contributed by atoms with Gasteiger partial charge in [0.05, 0.1) is 18.4 Å². The highest BCUT2D eigenvalue weighted by molar-refractivity contribution is 5.99. The number of rotatable bonds is 11. The number of hydrogen-bond donors (Lipinski definition) is 4.